The predicted molar refractivity (Wildman–Crippen MR) is 89.1 cm³/mol. The minimum atomic E-state index is -0.682. The van der Waals surface area contributed by atoms with Crippen LogP contribution in [0, 0.1) is 10.1 Å². The van der Waals surface area contributed by atoms with E-state index in [2.05, 4.69) is 5.32 Å². The third-order valence-electron chi connectivity index (χ3n) is 4.08. The Morgan fingerprint density at radius 1 is 1.30 bits per heavy atom. The molecule has 0 amide bonds. The van der Waals surface area contributed by atoms with Crippen LogP contribution in [-0.4, -0.2) is 22.6 Å². The number of ether oxygens (including phenoxy) is 1. The second-order valence-electron chi connectivity index (χ2n) is 5.48. The number of nitrogens with zero attached hydrogens (tertiary/aromatic N) is 2. The highest BCUT2D eigenvalue weighted by Crippen LogP contribution is 2.24. The maximum Gasteiger partial charge on any atom is 0.233 e. The fourth-order valence-electron chi connectivity index (χ4n) is 2.81. The summed E-state index contributed by atoms with van der Waals surface area (Å²) in [5.74, 6) is 0.778. The number of methoxy groups -OCH3 is 1. The number of nitrogens with one attached hydrogen (secondary N) is 1. The molecule has 0 radical (unpaired) electrons. The van der Waals surface area contributed by atoms with Gasteiger partial charge >= 0.3 is 0 Å². The molecule has 0 unspecified atom stereocenters. The third kappa shape index (κ3) is 3.90. The molecule has 6 nitrogen and oxygen atoms in total. The van der Waals surface area contributed by atoms with Gasteiger partial charge in [0.25, 0.3) is 0 Å². The highest BCUT2D eigenvalue weighted by atomic mass is 16.6. The molecular formula is C17H23N3O3. The molecule has 1 heterocycles. The van der Waals surface area contributed by atoms with Crippen LogP contribution in [0.5, 0.6) is 5.75 Å². The summed E-state index contributed by atoms with van der Waals surface area (Å²) in [6.07, 6.45) is 2.36. The van der Waals surface area contributed by atoms with E-state index in [9.17, 15) is 10.1 Å². The molecule has 1 aromatic heterocycles. The van der Waals surface area contributed by atoms with Gasteiger partial charge < -0.3 is 9.30 Å². The number of hydrogen-bond acceptors (Lipinski definition) is 4. The highest BCUT2D eigenvalue weighted by molar-refractivity contribution is 5.33. The number of para-hydroxylation sites is 1. The lowest BCUT2D eigenvalue weighted by atomic mass is 10.0. The first kappa shape index (κ1) is 17.0. The van der Waals surface area contributed by atoms with Crippen molar-refractivity contribution in [2.45, 2.75) is 32.0 Å². The van der Waals surface area contributed by atoms with Crippen LogP contribution in [0.2, 0.25) is 0 Å². The number of rotatable bonds is 8. The van der Waals surface area contributed by atoms with Gasteiger partial charge in [-0.05, 0) is 18.2 Å². The van der Waals surface area contributed by atoms with E-state index >= 15 is 0 Å². The van der Waals surface area contributed by atoms with E-state index in [4.69, 9.17) is 4.74 Å². The Labute approximate surface area is 136 Å². The molecule has 23 heavy (non-hydrogen) atoms. The standard InChI is InChI=1S/C17H23N3O3/c1-4-14(20(21)22)17(15-9-7-11-19(15)2)18-12-13-8-5-6-10-16(13)23-3/h5-11,14,17-18H,4,12H2,1-3H3/t14-,17-/m1/s1. The minimum Gasteiger partial charge on any atom is -0.496 e. The summed E-state index contributed by atoms with van der Waals surface area (Å²) < 4.78 is 7.27. The van der Waals surface area contributed by atoms with Crippen molar-refractivity contribution in [1.82, 2.24) is 9.88 Å². The average Bonchev–Trinajstić information content (AvgIpc) is 2.97. The van der Waals surface area contributed by atoms with E-state index in [1.165, 1.54) is 0 Å². The topological polar surface area (TPSA) is 69.3 Å². The van der Waals surface area contributed by atoms with Gasteiger partial charge in [0, 0.05) is 42.4 Å². The minimum absolute atomic E-state index is 0.201. The molecule has 0 aliphatic carbocycles. The lowest BCUT2D eigenvalue weighted by molar-refractivity contribution is -0.528. The van der Waals surface area contributed by atoms with Gasteiger partial charge in [-0.2, -0.15) is 0 Å². The monoisotopic (exact) mass is 317 g/mol. The maximum atomic E-state index is 11.4. The Hall–Kier alpha value is -2.34. The Morgan fingerprint density at radius 3 is 2.61 bits per heavy atom. The summed E-state index contributed by atoms with van der Waals surface area (Å²) in [4.78, 5) is 11.2. The Kier molecular flexibility index (Phi) is 5.76. The predicted octanol–water partition coefficient (Wildman–Crippen LogP) is 2.92. The molecule has 1 aromatic carbocycles. The average molecular weight is 317 g/mol. The van der Waals surface area contributed by atoms with Crippen LogP contribution in [0.1, 0.15) is 30.6 Å². The molecule has 0 fully saturated rings. The van der Waals surface area contributed by atoms with E-state index in [1.54, 1.807) is 7.11 Å². The van der Waals surface area contributed by atoms with Crippen LogP contribution in [0.25, 0.3) is 0 Å². The van der Waals surface area contributed by atoms with Gasteiger partial charge in [0.05, 0.1) is 7.11 Å². The normalized spacial score (nSPS) is 13.5. The number of benzene rings is 1. The highest BCUT2D eigenvalue weighted by Gasteiger charge is 2.32. The van der Waals surface area contributed by atoms with Crippen molar-refractivity contribution >= 4 is 0 Å². The third-order valence-corrected chi connectivity index (χ3v) is 4.08. The van der Waals surface area contributed by atoms with Crippen molar-refractivity contribution in [3.8, 4) is 5.75 Å². The van der Waals surface area contributed by atoms with Gasteiger partial charge in [0.2, 0.25) is 6.04 Å². The van der Waals surface area contributed by atoms with Crippen LogP contribution < -0.4 is 10.1 Å². The zero-order valence-corrected chi connectivity index (χ0v) is 13.7. The van der Waals surface area contributed by atoms with Gasteiger partial charge in [0.15, 0.2) is 0 Å². The Morgan fingerprint density at radius 2 is 2.04 bits per heavy atom. The van der Waals surface area contributed by atoms with Crippen LogP contribution in [0.4, 0.5) is 0 Å². The maximum absolute atomic E-state index is 11.4. The second kappa shape index (κ2) is 7.78. The molecule has 0 saturated carbocycles. The number of aromatic nitrogens is 1. The molecule has 0 aliphatic rings. The second-order valence-corrected chi connectivity index (χ2v) is 5.48. The van der Waals surface area contributed by atoms with Gasteiger partial charge in [-0.15, -0.1) is 0 Å². The van der Waals surface area contributed by atoms with Crippen LogP contribution in [0.3, 0.4) is 0 Å². The summed E-state index contributed by atoms with van der Waals surface area (Å²) in [6.45, 7) is 2.35. The van der Waals surface area contributed by atoms with Gasteiger partial charge in [-0.1, -0.05) is 25.1 Å². The first-order valence-electron chi connectivity index (χ1n) is 7.68. The molecule has 6 heteroatoms. The first-order valence-corrected chi connectivity index (χ1v) is 7.68. The van der Waals surface area contributed by atoms with Crippen LogP contribution in [0.15, 0.2) is 42.6 Å². The summed E-state index contributed by atoms with van der Waals surface area (Å²) >= 11 is 0. The molecule has 2 atom stereocenters. The van der Waals surface area contributed by atoms with E-state index in [0.29, 0.717) is 13.0 Å². The SMILES string of the molecule is CC[C@H]([C@@H](NCc1ccccc1OC)c1cccn1C)[N+](=O)[O-]. The van der Waals surface area contributed by atoms with Crippen molar-refractivity contribution in [1.29, 1.82) is 0 Å². The van der Waals surface area contributed by atoms with Crippen molar-refractivity contribution in [3.05, 3.63) is 64.0 Å². The van der Waals surface area contributed by atoms with Crippen molar-refractivity contribution in [2.24, 2.45) is 7.05 Å². The molecule has 1 N–H and O–H groups in total. The van der Waals surface area contributed by atoms with Crippen molar-refractivity contribution in [2.75, 3.05) is 7.11 Å². The summed E-state index contributed by atoms with van der Waals surface area (Å²) in [6, 6.07) is 10.5. The molecule has 124 valence electrons. The molecule has 2 aromatic rings. The number of aryl methyl sites for hydroxylation is 1. The fourth-order valence-corrected chi connectivity index (χ4v) is 2.81. The quantitative estimate of drug-likeness (QED) is 0.600. The van der Waals surface area contributed by atoms with E-state index in [-0.39, 0.29) is 11.0 Å². The number of hydrogen-bond donors (Lipinski definition) is 1. The lowest BCUT2D eigenvalue weighted by Crippen LogP contribution is -2.37. The summed E-state index contributed by atoms with van der Waals surface area (Å²) in [5, 5.41) is 14.8. The van der Waals surface area contributed by atoms with Gasteiger partial charge in [0.1, 0.15) is 11.8 Å². The van der Waals surface area contributed by atoms with E-state index in [1.807, 2.05) is 61.1 Å². The Balaban J connectivity index is 2.25. The Bertz CT molecular complexity index is 654. The van der Waals surface area contributed by atoms with Gasteiger partial charge in [-0.25, -0.2) is 0 Å². The molecule has 2 rings (SSSR count). The van der Waals surface area contributed by atoms with Gasteiger partial charge in [-0.3, -0.25) is 15.4 Å². The zero-order valence-electron chi connectivity index (χ0n) is 13.7. The molecular weight excluding hydrogens is 294 g/mol. The molecule has 0 bridgehead atoms. The molecule has 0 spiro atoms. The zero-order chi connectivity index (χ0) is 16.8. The first-order chi connectivity index (χ1) is 11.1. The van der Waals surface area contributed by atoms with Crippen LogP contribution in [-0.2, 0) is 13.6 Å². The number of nitro groups is 1. The smallest absolute Gasteiger partial charge is 0.233 e. The van der Waals surface area contributed by atoms with E-state index < -0.39 is 6.04 Å². The van der Waals surface area contributed by atoms with Crippen molar-refractivity contribution in [3.63, 3.8) is 0 Å². The fraction of sp³-hybridized carbons (Fsp3) is 0.412. The molecule has 0 aliphatic heterocycles. The lowest BCUT2D eigenvalue weighted by Gasteiger charge is -2.23. The van der Waals surface area contributed by atoms with Crippen LogP contribution >= 0.6 is 0 Å². The molecule has 0 saturated heterocycles. The summed E-state index contributed by atoms with van der Waals surface area (Å²) in [7, 11) is 3.53. The van der Waals surface area contributed by atoms with E-state index in [0.717, 1.165) is 17.0 Å². The summed E-state index contributed by atoms with van der Waals surface area (Å²) in [5.41, 5.74) is 1.89. The largest absolute Gasteiger partial charge is 0.496 e. The van der Waals surface area contributed by atoms with Crippen molar-refractivity contribution < 1.29 is 9.66 Å².